The van der Waals surface area contributed by atoms with Gasteiger partial charge in [0.2, 0.25) is 5.82 Å². The number of esters is 1. The van der Waals surface area contributed by atoms with Crippen molar-refractivity contribution in [3.05, 3.63) is 35.2 Å². The third kappa shape index (κ3) is 2.34. The number of carbonyl (C=O) groups excluding carboxylic acids is 1. The van der Waals surface area contributed by atoms with Gasteiger partial charge in [-0.1, -0.05) is 0 Å². The Bertz CT molecular complexity index is 555. The predicted molar refractivity (Wildman–Crippen MR) is 59.0 cm³/mol. The van der Waals surface area contributed by atoms with Crippen LogP contribution in [0.25, 0.3) is 0 Å². The zero-order valence-corrected chi connectivity index (χ0v) is 9.41. The van der Waals surface area contributed by atoms with Gasteiger partial charge in [-0.2, -0.15) is 4.39 Å². The number of allylic oxidation sites excluding steroid dienone is 1. The second kappa shape index (κ2) is 4.91. The summed E-state index contributed by atoms with van der Waals surface area (Å²) in [7, 11) is 0. The van der Waals surface area contributed by atoms with Crippen LogP contribution in [0.2, 0.25) is 0 Å². The Morgan fingerprint density at radius 3 is 3.00 bits per heavy atom. The third-order valence-electron chi connectivity index (χ3n) is 2.32. The lowest BCUT2D eigenvalue weighted by Crippen LogP contribution is -2.25. The molecule has 2 rings (SSSR count). The van der Waals surface area contributed by atoms with E-state index < -0.39 is 23.5 Å². The number of halogens is 2. The lowest BCUT2D eigenvalue weighted by molar-refractivity contribution is -0.130. The molecule has 0 radical (unpaired) electrons. The molecule has 7 heteroatoms. The lowest BCUT2D eigenvalue weighted by atomic mass is 10.2. The van der Waals surface area contributed by atoms with Crippen molar-refractivity contribution in [1.29, 1.82) is 0 Å². The van der Waals surface area contributed by atoms with Crippen LogP contribution in [0.3, 0.4) is 0 Å². The molecule has 0 atom stereocenters. The Morgan fingerprint density at radius 1 is 1.50 bits per heavy atom. The molecule has 0 saturated carbocycles. The summed E-state index contributed by atoms with van der Waals surface area (Å²) < 4.78 is 30.8. The van der Waals surface area contributed by atoms with Gasteiger partial charge in [0.15, 0.2) is 5.82 Å². The number of hydrogen-bond donors (Lipinski definition) is 1. The largest absolute Gasteiger partial charge is 0.401 e. The van der Waals surface area contributed by atoms with E-state index in [1.165, 1.54) is 6.34 Å². The Kier molecular flexibility index (Phi) is 3.31. The van der Waals surface area contributed by atoms with E-state index >= 15 is 0 Å². The van der Waals surface area contributed by atoms with Crippen LogP contribution in [-0.2, 0) is 4.79 Å². The maximum absolute atomic E-state index is 13.3. The van der Waals surface area contributed by atoms with Gasteiger partial charge in [0, 0.05) is 11.9 Å². The fraction of sp³-hybridized carbons (Fsp3) is 0.182. The third-order valence-corrected chi connectivity index (χ3v) is 2.32. The molecule has 0 bridgehead atoms. The van der Waals surface area contributed by atoms with Crippen LogP contribution in [0.15, 0.2) is 28.5 Å². The number of pyridine rings is 1. The highest BCUT2D eigenvalue weighted by Gasteiger charge is 2.20. The second-order valence-corrected chi connectivity index (χ2v) is 3.52. The van der Waals surface area contributed by atoms with Crippen molar-refractivity contribution < 1.29 is 18.3 Å². The van der Waals surface area contributed by atoms with E-state index in [1.54, 1.807) is 6.92 Å². The Labute approximate surface area is 101 Å². The summed E-state index contributed by atoms with van der Waals surface area (Å²) >= 11 is 0. The molecule has 0 aliphatic carbocycles. The molecule has 0 aromatic carbocycles. The minimum atomic E-state index is -1.30. The zero-order chi connectivity index (χ0) is 13.1. The van der Waals surface area contributed by atoms with Crippen LogP contribution < -0.4 is 10.1 Å². The van der Waals surface area contributed by atoms with Gasteiger partial charge in [-0.25, -0.2) is 14.2 Å². The van der Waals surface area contributed by atoms with Crippen molar-refractivity contribution in [3.8, 4) is 5.88 Å². The van der Waals surface area contributed by atoms with Crippen molar-refractivity contribution in [1.82, 2.24) is 10.3 Å². The molecule has 94 valence electrons. The zero-order valence-electron chi connectivity index (χ0n) is 9.41. The molecule has 0 fully saturated rings. The maximum Gasteiger partial charge on any atom is 0.344 e. The Balaban J connectivity index is 2.19. The van der Waals surface area contributed by atoms with E-state index in [1.807, 2.05) is 0 Å². The normalized spacial score (nSPS) is 14.4. The first-order chi connectivity index (χ1) is 8.59. The summed E-state index contributed by atoms with van der Waals surface area (Å²) in [4.78, 5) is 19.0. The molecular formula is C11H9F2N3O2. The first-order valence-electron chi connectivity index (χ1n) is 5.06. The van der Waals surface area contributed by atoms with E-state index in [0.29, 0.717) is 5.70 Å². The summed E-state index contributed by atoms with van der Waals surface area (Å²) in [5, 5.41) is 2.72. The Hall–Kier alpha value is -2.31. The standard InChI is InChI=1S/C11H9F2N3O2/c1-6-7(4-14-5-16-6)11(17)18-10-9(13)8(12)2-3-15-10/h2-3,5H,4H2,1H3,(H,14,16). The summed E-state index contributed by atoms with van der Waals surface area (Å²) in [5.41, 5.74) is 0.787. The fourth-order valence-electron chi connectivity index (χ4n) is 1.33. The molecule has 0 spiro atoms. The highest BCUT2D eigenvalue weighted by molar-refractivity contribution is 5.92. The van der Waals surface area contributed by atoms with Gasteiger partial charge in [0.1, 0.15) is 0 Å². The fourth-order valence-corrected chi connectivity index (χ4v) is 1.33. The smallest absolute Gasteiger partial charge is 0.344 e. The number of rotatable bonds is 2. The van der Waals surface area contributed by atoms with Crippen LogP contribution in [-0.4, -0.2) is 23.8 Å². The summed E-state index contributed by atoms with van der Waals surface area (Å²) in [5.74, 6) is -3.92. The SMILES string of the molecule is CC1=C(C(=O)Oc2nccc(F)c2F)CN=CN1. The minimum absolute atomic E-state index is 0.120. The maximum atomic E-state index is 13.3. The van der Waals surface area contributed by atoms with E-state index in [-0.39, 0.29) is 12.1 Å². The predicted octanol–water partition coefficient (Wildman–Crippen LogP) is 1.17. The number of ether oxygens (including phenoxy) is 1. The van der Waals surface area contributed by atoms with E-state index in [9.17, 15) is 13.6 Å². The number of aliphatic imine (C=N–C) groups is 1. The highest BCUT2D eigenvalue weighted by Crippen LogP contribution is 2.18. The van der Waals surface area contributed by atoms with Gasteiger partial charge in [-0.15, -0.1) is 0 Å². The molecule has 0 saturated heterocycles. The van der Waals surface area contributed by atoms with Crippen LogP contribution >= 0.6 is 0 Å². The summed E-state index contributed by atoms with van der Waals surface area (Å²) in [6, 6.07) is 0.837. The van der Waals surface area contributed by atoms with Crippen molar-refractivity contribution in [3.63, 3.8) is 0 Å². The quantitative estimate of drug-likeness (QED) is 0.803. The first kappa shape index (κ1) is 12.2. The van der Waals surface area contributed by atoms with E-state index in [4.69, 9.17) is 4.74 Å². The molecule has 5 nitrogen and oxygen atoms in total. The molecule has 1 aromatic rings. The monoisotopic (exact) mass is 253 g/mol. The lowest BCUT2D eigenvalue weighted by Gasteiger charge is -2.13. The number of carbonyl (C=O) groups is 1. The summed E-state index contributed by atoms with van der Waals surface area (Å²) in [6.45, 7) is 1.77. The van der Waals surface area contributed by atoms with Gasteiger partial charge in [0.05, 0.1) is 18.5 Å². The molecule has 0 amide bonds. The van der Waals surface area contributed by atoms with E-state index in [0.717, 1.165) is 12.3 Å². The van der Waals surface area contributed by atoms with Gasteiger partial charge in [0.25, 0.3) is 5.88 Å². The van der Waals surface area contributed by atoms with Gasteiger partial charge >= 0.3 is 5.97 Å². The number of aromatic nitrogens is 1. The first-order valence-corrected chi connectivity index (χ1v) is 5.06. The second-order valence-electron chi connectivity index (χ2n) is 3.52. The van der Waals surface area contributed by atoms with Crippen molar-refractivity contribution >= 4 is 12.3 Å². The van der Waals surface area contributed by atoms with Crippen LogP contribution in [0.4, 0.5) is 8.78 Å². The average Bonchev–Trinajstić information content (AvgIpc) is 2.35. The van der Waals surface area contributed by atoms with Crippen molar-refractivity contribution in [2.75, 3.05) is 6.54 Å². The number of nitrogens with one attached hydrogen (secondary N) is 1. The van der Waals surface area contributed by atoms with Gasteiger partial charge in [-0.05, 0) is 13.0 Å². The molecular weight excluding hydrogens is 244 g/mol. The highest BCUT2D eigenvalue weighted by atomic mass is 19.2. The molecule has 2 heterocycles. The number of nitrogens with zero attached hydrogens (tertiary/aromatic N) is 2. The van der Waals surface area contributed by atoms with Gasteiger partial charge in [-0.3, -0.25) is 4.99 Å². The van der Waals surface area contributed by atoms with Crippen LogP contribution in [0.1, 0.15) is 6.92 Å². The van der Waals surface area contributed by atoms with Crippen molar-refractivity contribution in [2.24, 2.45) is 4.99 Å². The van der Waals surface area contributed by atoms with Gasteiger partial charge < -0.3 is 10.1 Å². The molecule has 0 unspecified atom stereocenters. The van der Waals surface area contributed by atoms with Crippen LogP contribution in [0, 0.1) is 11.6 Å². The van der Waals surface area contributed by atoms with Crippen LogP contribution in [0.5, 0.6) is 5.88 Å². The van der Waals surface area contributed by atoms with Crippen molar-refractivity contribution in [2.45, 2.75) is 6.92 Å². The molecule has 1 aromatic heterocycles. The molecule has 1 N–H and O–H groups in total. The average molecular weight is 253 g/mol. The molecule has 1 aliphatic heterocycles. The number of hydrogen-bond acceptors (Lipinski definition) is 5. The topological polar surface area (TPSA) is 63.6 Å². The molecule has 1 aliphatic rings. The van der Waals surface area contributed by atoms with E-state index in [2.05, 4.69) is 15.3 Å². The molecule has 18 heavy (non-hydrogen) atoms. The minimum Gasteiger partial charge on any atom is -0.401 e. The Morgan fingerprint density at radius 2 is 2.28 bits per heavy atom. The summed E-state index contributed by atoms with van der Waals surface area (Å²) in [6.07, 6.45) is 2.45.